The first-order valence-electron chi connectivity index (χ1n) is 8.25. The monoisotopic (exact) mass is 365 g/mol. The number of hydrogen-bond donors (Lipinski definition) is 0. The molecule has 26 heavy (non-hydrogen) atoms. The molecule has 0 unspecified atom stereocenters. The van der Waals surface area contributed by atoms with Crippen molar-refractivity contribution in [1.29, 1.82) is 0 Å². The van der Waals surface area contributed by atoms with Gasteiger partial charge in [0.25, 0.3) is 0 Å². The normalized spacial score (nSPS) is 10.5. The minimum atomic E-state index is 0. The number of fused-ring (bicyclic) bond motifs is 2. The SMILES string of the molecule is COc1cc2cncc(Cc3ccc4ccccc4c3)c2cc1OC.Cl. The van der Waals surface area contributed by atoms with Gasteiger partial charge in [0.15, 0.2) is 11.5 Å². The van der Waals surface area contributed by atoms with Crippen molar-refractivity contribution < 1.29 is 9.47 Å². The molecule has 0 aliphatic carbocycles. The van der Waals surface area contributed by atoms with Crippen LogP contribution >= 0.6 is 12.4 Å². The highest BCUT2D eigenvalue weighted by molar-refractivity contribution is 5.89. The van der Waals surface area contributed by atoms with Gasteiger partial charge in [-0.25, -0.2) is 0 Å². The van der Waals surface area contributed by atoms with Crippen molar-refractivity contribution in [2.75, 3.05) is 14.2 Å². The average Bonchev–Trinajstić information content (AvgIpc) is 2.67. The summed E-state index contributed by atoms with van der Waals surface area (Å²) in [4.78, 5) is 4.41. The Kier molecular flexibility index (Phi) is 5.29. The highest BCUT2D eigenvalue weighted by Gasteiger charge is 2.10. The van der Waals surface area contributed by atoms with Crippen LogP contribution in [0.15, 0.2) is 67.0 Å². The highest BCUT2D eigenvalue weighted by Crippen LogP contribution is 2.34. The Balaban J connectivity index is 0.00000196. The van der Waals surface area contributed by atoms with E-state index < -0.39 is 0 Å². The van der Waals surface area contributed by atoms with Crippen molar-refractivity contribution in [2.45, 2.75) is 6.42 Å². The number of methoxy groups -OCH3 is 2. The molecule has 4 aromatic rings. The van der Waals surface area contributed by atoms with Crippen LogP contribution in [0.25, 0.3) is 21.5 Å². The van der Waals surface area contributed by atoms with Gasteiger partial charge in [0, 0.05) is 17.8 Å². The molecule has 1 aromatic heterocycles. The fourth-order valence-electron chi connectivity index (χ4n) is 3.27. The molecular weight excluding hydrogens is 346 g/mol. The summed E-state index contributed by atoms with van der Waals surface area (Å²) in [5, 5.41) is 4.71. The molecule has 0 bridgehead atoms. The molecule has 0 amide bonds. The molecule has 0 N–H and O–H groups in total. The fraction of sp³-hybridized carbons (Fsp3) is 0.136. The molecule has 0 saturated carbocycles. The first-order chi connectivity index (χ1) is 12.3. The van der Waals surface area contributed by atoms with Gasteiger partial charge in [-0.2, -0.15) is 0 Å². The molecule has 0 aliphatic heterocycles. The van der Waals surface area contributed by atoms with Crippen molar-refractivity contribution in [3.05, 3.63) is 78.1 Å². The lowest BCUT2D eigenvalue weighted by Crippen LogP contribution is -1.95. The molecule has 0 aliphatic rings. The molecule has 0 saturated heterocycles. The van der Waals surface area contributed by atoms with Gasteiger partial charge in [-0.05, 0) is 45.8 Å². The summed E-state index contributed by atoms with van der Waals surface area (Å²) in [6, 6.07) is 19.0. The zero-order chi connectivity index (χ0) is 17.2. The smallest absolute Gasteiger partial charge is 0.161 e. The Morgan fingerprint density at radius 2 is 1.50 bits per heavy atom. The second-order valence-electron chi connectivity index (χ2n) is 6.09. The number of aromatic nitrogens is 1. The molecule has 0 spiro atoms. The van der Waals surface area contributed by atoms with E-state index >= 15 is 0 Å². The standard InChI is InChI=1S/C22H19NO2.ClH/c1-24-21-11-19-14-23-13-18(20(19)12-22(21)25-2)10-15-7-8-16-5-3-4-6-17(16)9-15;/h3-9,11-14H,10H2,1-2H3;1H. The zero-order valence-electron chi connectivity index (χ0n) is 14.7. The number of ether oxygens (including phenoxy) is 2. The van der Waals surface area contributed by atoms with Crippen molar-refractivity contribution in [1.82, 2.24) is 4.98 Å². The molecule has 3 aromatic carbocycles. The minimum Gasteiger partial charge on any atom is -0.493 e. The number of pyridine rings is 1. The van der Waals surface area contributed by atoms with E-state index in [1.165, 1.54) is 21.9 Å². The molecule has 132 valence electrons. The van der Waals surface area contributed by atoms with E-state index in [-0.39, 0.29) is 12.4 Å². The zero-order valence-corrected chi connectivity index (χ0v) is 15.5. The van der Waals surface area contributed by atoms with Crippen molar-refractivity contribution in [2.24, 2.45) is 0 Å². The second kappa shape index (κ2) is 7.63. The van der Waals surface area contributed by atoms with E-state index in [0.717, 1.165) is 28.7 Å². The van der Waals surface area contributed by atoms with Gasteiger partial charge < -0.3 is 9.47 Å². The van der Waals surface area contributed by atoms with Crippen LogP contribution in [0.1, 0.15) is 11.1 Å². The number of halogens is 1. The van der Waals surface area contributed by atoms with Gasteiger partial charge in [-0.15, -0.1) is 12.4 Å². The molecule has 3 nitrogen and oxygen atoms in total. The van der Waals surface area contributed by atoms with E-state index in [1.807, 2.05) is 24.5 Å². The van der Waals surface area contributed by atoms with Gasteiger partial charge in [-0.1, -0.05) is 42.5 Å². The van der Waals surface area contributed by atoms with Gasteiger partial charge >= 0.3 is 0 Å². The lowest BCUT2D eigenvalue weighted by molar-refractivity contribution is 0.356. The number of nitrogens with zero attached hydrogens (tertiary/aromatic N) is 1. The Bertz CT molecular complexity index is 1060. The van der Waals surface area contributed by atoms with Crippen LogP contribution in [0.4, 0.5) is 0 Å². The van der Waals surface area contributed by atoms with Crippen LogP contribution in [-0.4, -0.2) is 19.2 Å². The van der Waals surface area contributed by atoms with E-state index in [2.05, 4.69) is 47.4 Å². The van der Waals surface area contributed by atoms with Crippen molar-refractivity contribution in [3.8, 4) is 11.5 Å². The first-order valence-corrected chi connectivity index (χ1v) is 8.25. The lowest BCUT2D eigenvalue weighted by atomic mass is 9.98. The maximum absolute atomic E-state index is 5.46. The predicted octanol–water partition coefficient (Wildman–Crippen LogP) is 5.42. The van der Waals surface area contributed by atoms with Crippen LogP contribution in [-0.2, 0) is 6.42 Å². The van der Waals surface area contributed by atoms with Crippen molar-refractivity contribution >= 4 is 34.0 Å². The third-order valence-electron chi connectivity index (χ3n) is 4.55. The number of hydrogen-bond acceptors (Lipinski definition) is 3. The summed E-state index contributed by atoms with van der Waals surface area (Å²) in [5.74, 6) is 1.46. The highest BCUT2D eigenvalue weighted by atomic mass is 35.5. The van der Waals surface area contributed by atoms with Crippen LogP contribution in [0, 0.1) is 0 Å². The molecule has 4 rings (SSSR count). The van der Waals surface area contributed by atoms with Gasteiger partial charge in [0.2, 0.25) is 0 Å². The van der Waals surface area contributed by atoms with Crippen LogP contribution in [0.2, 0.25) is 0 Å². The summed E-state index contributed by atoms with van der Waals surface area (Å²) in [7, 11) is 3.31. The number of benzene rings is 3. The van der Waals surface area contributed by atoms with E-state index in [0.29, 0.717) is 0 Å². The van der Waals surface area contributed by atoms with E-state index in [4.69, 9.17) is 9.47 Å². The largest absolute Gasteiger partial charge is 0.493 e. The first kappa shape index (κ1) is 18.0. The lowest BCUT2D eigenvalue weighted by Gasteiger charge is -2.12. The van der Waals surface area contributed by atoms with Crippen molar-refractivity contribution in [3.63, 3.8) is 0 Å². The van der Waals surface area contributed by atoms with E-state index in [1.54, 1.807) is 14.2 Å². The maximum Gasteiger partial charge on any atom is 0.161 e. The average molecular weight is 366 g/mol. The summed E-state index contributed by atoms with van der Waals surface area (Å²) < 4.78 is 10.9. The number of rotatable bonds is 4. The summed E-state index contributed by atoms with van der Waals surface area (Å²) >= 11 is 0. The van der Waals surface area contributed by atoms with Crippen LogP contribution in [0.3, 0.4) is 0 Å². The summed E-state index contributed by atoms with van der Waals surface area (Å²) in [5.41, 5.74) is 2.44. The van der Waals surface area contributed by atoms with Crippen LogP contribution < -0.4 is 9.47 Å². The molecule has 0 fully saturated rings. The third-order valence-corrected chi connectivity index (χ3v) is 4.55. The van der Waals surface area contributed by atoms with Crippen LogP contribution in [0.5, 0.6) is 11.5 Å². The summed E-state index contributed by atoms with van der Waals surface area (Å²) in [6.45, 7) is 0. The van der Waals surface area contributed by atoms with Gasteiger partial charge in [0.05, 0.1) is 14.2 Å². The Hall–Kier alpha value is -2.78. The molecule has 4 heteroatoms. The van der Waals surface area contributed by atoms with Gasteiger partial charge in [0.1, 0.15) is 0 Å². The molecular formula is C22H20ClNO2. The van der Waals surface area contributed by atoms with E-state index in [9.17, 15) is 0 Å². The maximum atomic E-state index is 5.46. The fourth-order valence-corrected chi connectivity index (χ4v) is 3.27. The Morgan fingerprint density at radius 1 is 0.769 bits per heavy atom. The molecule has 0 atom stereocenters. The molecule has 0 radical (unpaired) electrons. The third kappa shape index (κ3) is 3.31. The quantitative estimate of drug-likeness (QED) is 0.484. The van der Waals surface area contributed by atoms with Gasteiger partial charge in [-0.3, -0.25) is 4.98 Å². The predicted molar refractivity (Wildman–Crippen MR) is 109 cm³/mol. The molecule has 1 heterocycles. The second-order valence-corrected chi connectivity index (χ2v) is 6.09. The topological polar surface area (TPSA) is 31.4 Å². The minimum absolute atomic E-state index is 0. The Labute approximate surface area is 159 Å². The Morgan fingerprint density at radius 3 is 2.27 bits per heavy atom. The summed E-state index contributed by atoms with van der Waals surface area (Å²) in [6.07, 6.45) is 4.62.